The predicted molar refractivity (Wildman–Crippen MR) is 75.5 cm³/mol. The van der Waals surface area contributed by atoms with Crippen LogP contribution in [-0.4, -0.2) is 6.04 Å². The van der Waals surface area contributed by atoms with E-state index in [1.54, 1.807) is 0 Å². The number of allylic oxidation sites excluding steroid dienone is 1. The summed E-state index contributed by atoms with van der Waals surface area (Å²) in [6, 6.07) is 9.37. The van der Waals surface area contributed by atoms with Crippen LogP contribution in [0.1, 0.15) is 45.6 Å². The molecule has 0 aromatic heterocycles. The molecule has 1 aromatic rings. The highest BCUT2D eigenvalue weighted by Gasteiger charge is 2.13. The molecule has 0 heterocycles. The molecule has 92 valence electrons. The van der Waals surface area contributed by atoms with Gasteiger partial charge in [-0.05, 0) is 42.4 Å². The second kappa shape index (κ2) is 4.95. The largest absolute Gasteiger partial charge is 0.379 e. The average Bonchev–Trinajstić information content (AvgIpc) is 2.30. The number of hydrogen-bond acceptors (Lipinski definition) is 1. The Hall–Kier alpha value is -1.24. The lowest BCUT2D eigenvalue weighted by atomic mass is 9.87. The van der Waals surface area contributed by atoms with Crippen LogP contribution in [0.5, 0.6) is 0 Å². The van der Waals surface area contributed by atoms with E-state index in [0.717, 1.165) is 0 Å². The van der Waals surface area contributed by atoms with Crippen molar-refractivity contribution < 1.29 is 0 Å². The topological polar surface area (TPSA) is 12.0 Å². The molecule has 0 aliphatic heterocycles. The van der Waals surface area contributed by atoms with E-state index in [2.05, 4.69) is 62.5 Å². The molecule has 2 rings (SSSR count). The third-order valence-electron chi connectivity index (χ3n) is 3.36. The highest BCUT2D eigenvalue weighted by molar-refractivity contribution is 5.47. The Balaban J connectivity index is 2.03. The van der Waals surface area contributed by atoms with Gasteiger partial charge in [-0.2, -0.15) is 0 Å². The molecule has 0 amide bonds. The first-order chi connectivity index (χ1) is 8.05. The minimum Gasteiger partial charge on any atom is -0.379 e. The molecule has 1 aliphatic carbocycles. The quantitative estimate of drug-likeness (QED) is 0.736. The fraction of sp³-hybridized carbons (Fsp3) is 0.500. The molecule has 1 N–H and O–H groups in total. The molecule has 1 nitrogen and oxygen atoms in total. The lowest BCUT2D eigenvalue weighted by Gasteiger charge is -2.22. The molecule has 1 aromatic carbocycles. The lowest BCUT2D eigenvalue weighted by molar-refractivity contribution is 0.590. The van der Waals surface area contributed by atoms with Crippen LogP contribution in [0.15, 0.2) is 36.4 Å². The molecule has 0 saturated carbocycles. The Kier molecular flexibility index (Phi) is 3.56. The van der Waals surface area contributed by atoms with Crippen LogP contribution in [0, 0.1) is 0 Å². The normalized spacial score (nSPS) is 20.3. The summed E-state index contributed by atoms with van der Waals surface area (Å²) < 4.78 is 0. The van der Waals surface area contributed by atoms with Crippen LogP contribution < -0.4 is 5.32 Å². The van der Waals surface area contributed by atoms with E-state index in [4.69, 9.17) is 0 Å². The summed E-state index contributed by atoms with van der Waals surface area (Å²) in [5.41, 5.74) is 2.86. The van der Waals surface area contributed by atoms with E-state index in [0.29, 0.717) is 6.04 Å². The van der Waals surface area contributed by atoms with Gasteiger partial charge in [-0.1, -0.05) is 45.1 Å². The molecule has 0 spiro atoms. The van der Waals surface area contributed by atoms with E-state index in [1.807, 2.05) is 0 Å². The molecule has 17 heavy (non-hydrogen) atoms. The van der Waals surface area contributed by atoms with Gasteiger partial charge in [0.2, 0.25) is 0 Å². The molecular weight excluding hydrogens is 206 g/mol. The zero-order valence-corrected chi connectivity index (χ0v) is 11.2. The van der Waals surface area contributed by atoms with Crippen LogP contribution in [0.4, 0.5) is 5.69 Å². The number of hydrogen-bond donors (Lipinski definition) is 1. The van der Waals surface area contributed by atoms with Crippen molar-refractivity contribution in [1.29, 1.82) is 0 Å². The lowest BCUT2D eigenvalue weighted by Crippen LogP contribution is -2.18. The first-order valence-electron chi connectivity index (χ1n) is 6.59. The Morgan fingerprint density at radius 2 is 1.82 bits per heavy atom. The number of benzene rings is 1. The fourth-order valence-corrected chi connectivity index (χ4v) is 2.21. The Labute approximate surface area is 105 Å². The Morgan fingerprint density at radius 3 is 2.35 bits per heavy atom. The summed E-state index contributed by atoms with van der Waals surface area (Å²) in [7, 11) is 0. The standard InChI is InChI=1S/C16H23N/c1-16(2,3)13-9-11-15(12-10-13)17-14-7-5-4-6-8-14/h5,7,9-12,14,17H,4,6,8H2,1-3H3. The molecule has 0 bridgehead atoms. The Morgan fingerprint density at radius 1 is 1.12 bits per heavy atom. The monoisotopic (exact) mass is 229 g/mol. The maximum absolute atomic E-state index is 3.57. The summed E-state index contributed by atoms with van der Waals surface area (Å²) in [5, 5.41) is 3.57. The molecule has 0 radical (unpaired) electrons. The minimum atomic E-state index is 0.239. The minimum absolute atomic E-state index is 0.239. The maximum Gasteiger partial charge on any atom is 0.0444 e. The molecule has 0 fully saturated rings. The van der Waals surface area contributed by atoms with Crippen molar-refractivity contribution in [3.05, 3.63) is 42.0 Å². The molecule has 1 unspecified atom stereocenters. The molecular formula is C16H23N. The third-order valence-corrected chi connectivity index (χ3v) is 3.36. The Bertz CT molecular complexity index is 381. The highest BCUT2D eigenvalue weighted by Crippen LogP contribution is 2.24. The summed E-state index contributed by atoms with van der Waals surface area (Å²) in [6.45, 7) is 6.75. The van der Waals surface area contributed by atoms with E-state index in [1.165, 1.54) is 30.5 Å². The molecule has 1 aliphatic rings. The van der Waals surface area contributed by atoms with E-state index in [-0.39, 0.29) is 5.41 Å². The first-order valence-corrected chi connectivity index (χ1v) is 6.59. The van der Waals surface area contributed by atoms with Gasteiger partial charge in [0, 0.05) is 11.7 Å². The van der Waals surface area contributed by atoms with Crippen molar-refractivity contribution in [2.75, 3.05) is 5.32 Å². The SMILES string of the molecule is CC(C)(C)c1ccc(NC2C=CCCC2)cc1. The van der Waals surface area contributed by atoms with Crippen molar-refractivity contribution in [1.82, 2.24) is 0 Å². The predicted octanol–water partition coefficient (Wildman–Crippen LogP) is 4.50. The summed E-state index contributed by atoms with van der Waals surface area (Å²) in [6.07, 6.45) is 8.36. The van der Waals surface area contributed by atoms with Gasteiger partial charge in [-0.25, -0.2) is 0 Å². The van der Waals surface area contributed by atoms with Crippen molar-refractivity contribution in [3.63, 3.8) is 0 Å². The van der Waals surface area contributed by atoms with Crippen molar-refractivity contribution in [2.24, 2.45) is 0 Å². The molecule has 1 atom stereocenters. The number of rotatable bonds is 2. The molecule has 1 heteroatoms. The maximum atomic E-state index is 3.57. The van der Waals surface area contributed by atoms with E-state index >= 15 is 0 Å². The smallest absolute Gasteiger partial charge is 0.0444 e. The van der Waals surface area contributed by atoms with Gasteiger partial charge in [0.1, 0.15) is 0 Å². The third kappa shape index (κ3) is 3.36. The van der Waals surface area contributed by atoms with E-state index < -0.39 is 0 Å². The van der Waals surface area contributed by atoms with Gasteiger partial charge in [0.05, 0.1) is 0 Å². The first kappa shape index (κ1) is 12.2. The summed E-state index contributed by atoms with van der Waals surface area (Å²) >= 11 is 0. The van der Waals surface area contributed by atoms with Gasteiger partial charge >= 0.3 is 0 Å². The zero-order valence-electron chi connectivity index (χ0n) is 11.2. The van der Waals surface area contributed by atoms with E-state index in [9.17, 15) is 0 Å². The van der Waals surface area contributed by atoms with Crippen LogP contribution >= 0.6 is 0 Å². The van der Waals surface area contributed by atoms with Crippen LogP contribution in [0.25, 0.3) is 0 Å². The van der Waals surface area contributed by atoms with Crippen LogP contribution in [0.3, 0.4) is 0 Å². The van der Waals surface area contributed by atoms with Crippen LogP contribution in [-0.2, 0) is 5.41 Å². The van der Waals surface area contributed by atoms with Gasteiger partial charge < -0.3 is 5.32 Å². The molecule has 0 saturated heterocycles. The number of nitrogens with one attached hydrogen (secondary N) is 1. The summed E-state index contributed by atoms with van der Waals surface area (Å²) in [4.78, 5) is 0. The van der Waals surface area contributed by atoms with Gasteiger partial charge in [0.25, 0.3) is 0 Å². The van der Waals surface area contributed by atoms with Crippen molar-refractivity contribution >= 4 is 5.69 Å². The van der Waals surface area contributed by atoms with Crippen molar-refractivity contribution in [3.8, 4) is 0 Å². The zero-order chi connectivity index (χ0) is 12.3. The summed E-state index contributed by atoms with van der Waals surface area (Å²) in [5.74, 6) is 0. The highest BCUT2D eigenvalue weighted by atomic mass is 14.9. The van der Waals surface area contributed by atoms with Gasteiger partial charge in [-0.3, -0.25) is 0 Å². The average molecular weight is 229 g/mol. The van der Waals surface area contributed by atoms with Gasteiger partial charge in [0.15, 0.2) is 0 Å². The fourth-order valence-electron chi connectivity index (χ4n) is 2.21. The van der Waals surface area contributed by atoms with Gasteiger partial charge in [-0.15, -0.1) is 0 Å². The number of anilines is 1. The second-order valence-corrected chi connectivity index (χ2v) is 5.94. The van der Waals surface area contributed by atoms with Crippen molar-refractivity contribution in [2.45, 2.75) is 51.5 Å². The second-order valence-electron chi connectivity index (χ2n) is 5.94. The van der Waals surface area contributed by atoms with Crippen LogP contribution in [0.2, 0.25) is 0 Å².